The third-order valence-electron chi connectivity index (χ3n) is 5.46. The quantitative estimate of drug-likeness (QED) is 0.680. The van der Waals surface area contributed by atoms with Crippen molar-refractivity contribution in [3.05, 3.63) is 58.8 Å². The molecule has 2 unspecified atom stereocenters. The van der Waals surface area contributed by atoms with Crippen molar-refractivity contribution in [2.75, 3.05) is 21.3 Å². The largest absolute Gasteiger partial charge is 0.496 e. The molecule has 0 saturated carbocycles. The lowest BCUT2D eigenvalue weighted by atomic mass is 9.89. The van der Waals surface area contributed by atoms with Crippen molar-refractivity contribution in [2.45, 2.75) is 25.4 Å². The first-order valence-electron chi connectivity index (χ1n) is 9.23. The maximum absolute atomic E-state index is 12.4. The van der Waals surface area contributed by atoms with E-state index < -0.39 is 6.04 Å². The molecule has 28 heavy (non-hydrogen) atoms. The minimum atomic E-state index is -0.446. The maximum atomic E-state index is 12.4. The van der Waals surface area contributed by atoms with Crippen molar-refractivity contribution >= 4 is 16.9 Å². The summed E-state index contributed by atoms with van der Waals surface area (Å²) in [5.41, 5.74) is 5.09. The summed E-state index contributed by atoms with van der Waals surface area (Å²) < 4.78 is 16.2. The van der Waals surface area contributed by atoms with Gasteiger partial charge in [0.2, 0.25) is 0 Å². The number of nitrogens with one attached hydrogen (secondary N) is 2. The molecule has 4 rings (SSSR count). The first kappa shape index (κ1) is 18.4. The lowest BCUT2D eigenvalue weighted by Crippen LogP contribution is -2.45. The topological polar surface area (TPSA) is 72.6 Å². The normalized spacial score (nSPS) is 18.6. The van der Waals surface area contributed by atoms with E-state index in [1.165, 1.54) is 7.11 Å². The zero-order valence-electron chi connectivity index (χ0n) is 16.5. The predicted molar refractivity (Wildman–Crippen MR) is 107 cm³/mol. The Balaban J connectivity index is 1.93. The van der Waals surface area contributed by atoms with Crippen molar-refractivity contribution in [3.8, 4) is 11.5 Å². The van der Waals surface area contributed by atoms with Crippen molar-refractivity contribution in [1.29, 1.82) is 0 Å². The zero-order chi connectivity index (χ0) is 19.8. The molecular formula is C22H24N2O4. The van der Waals surface area contributed by atoms with E-state index in [9.17, 15) is 4.79 Å². The van der Waals surface area contributed by atoms with Gasteiger partial charge in [-0.05, 0) is 36.2 Å². The second kappa shape index (κ2) is 7.20. The Kier molecular flexibility index (Phi) is 4.73. The van der Waals surface area contributed by atoms with Gasteiger partial charge in [0.15, 0.2) is 0 Å². The summed E-state index contributed by atoms with van der Waals surface area (Å²) in [5.74, 6) is 1.24. The molecule has 1 aliphatic rings. The van der Waals surface area contributed by atoms with Crippen molar-refractivity contribution < 1.29 is 19.0 Å². The van der Waals surface area contributed by atoms with Gasteiger partial charge in [-0.1, -0.05) is 18.2 Å². The van der Waals surface area contributed by atoms with Gasteiger partial charge >= 0.3 is 5.97 Å². The fourth-order valence-corrected chi connectivity index (χ4v) is 4.07. The van der Waals surface area contributed by atoms with Crippen molar-refractivity contribution in [3.63, 3.8) is 0 Å². The number of carbonyl (C=O) groups is 1. The summed E-state index contributed by atoms with van der Waals surface area (Å²) in [6, 6.07) is 11.4. The molecule has 6 heteroatoms. The number of esters is 1. The highest BCUT2D eigenvalue weighted by molar-refractivity contribution is 5.87. The number of aromatic amines is 1. The first-order valence-corrected chi connectivity index (χ1v) is 9.23. The molecule has 0 aliphatic carbocycles. The highest BCUT2D eigenvalue weighted by Gasteiger charge is 2.36. The van der Waals surface area contributed by atoms with Gasteiger partial charge in [0.25, 0.3) is 0 Å². The molecule has 1 aromatic heterocycles. The van der Waals surface area contributed by atoms with Crippen LogP contribution in [0.5, 0.6) is 11.5 Å². The summed E-state index contributed by atoms with van der Waals surface area (Å²) >= 11 is 0. The van der Waals surface area contributed by atoms with Gasteiger partial charge < -0.3 is 19.2 Å². The second-order valence-corrected chi connectivity index (χ2v) is 7.01. The average Bonchev–Trinajstić information content (AvgIpc) is 3.11. The van der Waals surface area contributed by atoms with Crippen LogP contribution in [-0.4, -0.2) is 38.3 Å². The Morgan fingerprint density at radius 2 is 1.82 bits per heavy atom. The number of ether oxygens (including phenoxy) is 3. The predicted octanol–water partition coefficient (Wildman–Crippen LogP) is 3.27. The van der Waals surface area contributed by atoms with Gasteiger partial charge in [-0.15, -0.1) is 0 Å². The molecule has 2 heterocycles. The number of hydrogen-bond acceptors (Lipinski definition) is 5. The first-order chi connectivity index (χ1) is 13.6. The van der Waals surface area contributed by atoms with Crippen LogP contribution in [0.3, 0.4) is 0 Å². The van der Waals surface area contributed by atoms with Crippen LogP contribution >= 0.6 is 0 Å². The van der Waals surface area contributed by atoms with Crippen LogP contribution in [0.4, 0.5) is 0 Å². The van der Waals surface area contributed by atoms with E-state index >= 15 is 0 Å². The van der Waals surface area contributed by atoms with Gasteiger partial charge in [0.05, 0.1) is 27.4 Å². The highest BCUT2D eigenvalue weighted by atomic mass is 16.5. The molecule has 0 saturated heterocycles. The van der Waals surface area contributed by atoms with Crippen LogP contribution in [0.2, 0.25) is 0 Å². The molecule has 0 amide bonds. The standard InChI is InChI=1S/C22H24N2O4/c1-12-9-19(27-3)15(11-18(12)26-2)21-20-14(10-17(24-21)22(25)28-4)13-7-5-6-8-16(13)23-20/h5-9,11,17,21,23-24H,10H2,1-4H3. The molecule has 6 nitrogen and oxygen atoms in total. The zero-order valence-corrected chi connectivity index (χ0v) is 16.5. The van der Waals surface area contributed by atoms with Crippen LogP contribution < -0.4 is 14.8 Å². The number of benzene rings is 2. The number of aromatic nitrogens is 1. The van der Waals surface area contributed by atoms with Gasteiger partial charge in [0, 0.05) is 28.6 Å². The number of H-pyrrole nitrogens is 1. The van der Waals surface area contributed by atoms with E-state index in [2.05, 4.69) is 16.4 Å². The average molecular weight is 380 g/mol. The van der Waals surface area contributed by atoms with E-state index in [4.69, 9.17) is 14.2 Å². The molecule has 1 aliphatic heterocycles. The van der Waals surface area contributed by atoms with Crippen LogP contribution in [0.15, 0.2) is 36.4 Å². The number of rotatable bonds is 4. The minimum absolute atomic E-state index is 0.260. The molecule has 2 atom stereocenters. The summed E-state index contributed by atoms with van der Waals surface area (Å²) in [6.45, 7) is 1.98. The van der Waals surface area contributed by atoms with Crippen LogP contribution in [-0.2, 0) is 16.0 Å². The van der Waals surface area contributed by atoms with E-state index in [1.807, 2.05) is 37.3 Å². The fraction of sp³-hybridized carbons (Fsp3) is 0.318. The van der Waals surface area contributed by atoms with Crippen molar-refractivity contribution in [1.82, 2.24) is 10.3 Å². The van der Waals surface area contributed by atoms with Crippen LogP contribution in [0.25, 0.3) is 10.9 Å². The Bertz CT molecular complexity index is 1040. The second-order valence-electron chi connectivity index (χ2n) is 7.01. The number of para-hydroxylation sites is 1. The van der Waals surface area contributed by atoms with Crippen molar-refractivity contribution in [2.24, 2.45) is 0 Å². The summed E-state index contributed by atoms with van der Waals surface area (Å²) in [5, 5.41) is 4.56. The van der Waals surface area contributed by atoms with Gasteiger partial charge in [-0.25, -0.2) is 0 Å². The Hall–Kier alpha value is -2.99. The van der Waals surface area contributed by atoms with Gasteiger partial charge in [-0.2, -0.15) is 0 Å². The molecule has 0 fully saturated rings. The molecular weight excluding hydrogens is 356 g/mol. The van der Waals surface area contributed by atoms with E-state index in [1.54, 1.807) is 14.2 Å². The number of carbonyl (C=O) groups excluding carboxylic acids is 1. The highest BCUT2D eigenvalue weighted by Crippen LogP contribution is 2.40. The van der Waals surface area contributed by atoms with Gasteiger partial charge in [-0.3, -0.25) is 10.1 Å². The third-order valence-corrected chi connectivity index (χ3v) is 5.46. The lowest BCUT2D eigenvalue weighted by Gasteiger charge is -2.31. The molecule has 0 bridgehead atoms. The van der Waals surface area contributed by atoms with E-state index in [0.29, 0.717) is 6.42 Å². The number of fused-ring (bicyclic) bond motifs is 3. The smallest absolute Gasteiger partial charge is 0.323 e. The summed E-state index contributed by atoms with van der Waals surface area (Å²) in [7, 11) is 4.72. The fourth-order valence-electron chi connectivity index (χ4n) is 4.07. The molecule has 3 aromatic rings. The SMILES string of the molecule is COC(=O)C1Cc2c([nH]c3ccccc23)C(c2cc(OC)c(C)cc2OC)N1. The molecule has 2 N–H and O–H groups in total. The molecule has 146 valence electrons. The minimum Gasteiger partial charge on any atom is -0.496 e. The third kappa shape index (κ3) is 2.90. The monoisotopic (exact) mass is 380 g/mol. The summed E-state index contributed by atoms with van der Waals surface area (Å²) in [4.78, 5) is 15.9. The molecule has 2 aromatic carbocycles. The summed E-state index contributed by atoms with van der Waals surface area (Å²) in [6.07, 6.45) is 0.563. The number of hydrogen-bond donors (Lipinski definition) is 2. The lowest BCUT2D eigenvalue weighted by molar-refractivity contribution is -0.143. The van der Waals surface area contributed by atoms with E-state index in [0.717, 1.165) is 44.8 Å². The molecule has 0 radical (unpaired) electrons. The Labute approximate surface area is 163 Å². The number of aryl methyl sites for hydroxylation is 1. The van der Waals surface area contributed by atoms with Crippen LogP contribution in [0.1, 0.15) is 28.4 Å². The van der Waals surface area contributed by atoms with E-state index in [-0.39, 0.29) is 12.0 Å². The maximum Gasteiger partial charge on any atom is 0.323 e. The molecule has 0 spiro atoms. The Morgan fingerprint density at radius 3 is 2.54 bits per heavy atom. The van der Waals surface area contributed by atoms with Crippen LogP contribution in [0, 0.1) is 6.92 Å². The Morgan fingerprint density at radius 1 is 1.07 bits per heavy atom. The number of methoxy groups -OCH3 is 3. The van der Waals surface area contributed by atoms with Gasteiger partial charge in [0.1, 0.15) is 17.5 Å².